The molecule has 5 rings (SSSR count). The summed E-state index contributed by atoms with van der Waals surface area (Å²) < 4.78 is 21.6. The molecule has 2 unspecified atom stereocenters. The molecule has 1 aliphatic heterocycles. The average Bonchev–Trinajstić information content (AvgIpc) is 2.99. The van der Waals surface area contributed by atoms with Crippen molar-refractivity contribution in [2.24, 2.45) is 0 Å². The van der Waals surface area contributed by atoms with Crippen LogP contribution in [0, 0.1) is 0 Å². The first kappa shape index (κ1) is 30.8. The predicted octanol–water partition coefficient (Wildman–Crippen LogP) is 0.148. The normalized spacial score (nSPS) is 21.4. The van der Waals surface area contributed by atoms with Crippen LogP contribution in [0.25, 0.3) is 22.3 Å². The first-order valence-corrected chi connectivity index (χ1v) is 12.7. The van der Waals surface area contributed by atoms with Crippen molar-refractivity contribution in [3.05, 3.63) is 52.2 Å². The first-order valence-electron chi connectivity index (χ1n) is 12.7. The van der Waals surface area contributed by atoms with Crippen LogP contribution in [0.15, 0.2) is 45.6 Å². The van der Waals surface area contributed by atoms with E-state index in [0.29, 0.717) is 0 Å². The zero-order chi connectivity index (χ0) is 32.9. The summed E-state index contributed by atoms with van der Waals surface area (Å²) in [6, 6.07) is 5.23. The highest BCUT2D eigenvalue weighted by Crippen LogP contribution is 2.42. The number of ether oxygens (including phenoxy) is 3. The Labute approximate surface area is 249 Å². The molecule has 17 nitrogen and oxygen atoms in total. The number of hydrogen-bond donors (Lipinski definition) is 11. The maximum atomic E-state index is 12.8. The van der Waals surface area contributed by atoms with Crippen LogP contribution in [0.5, 0.6) is 51.7 Å². The van der Waals surface area contributed by atoms with Gasteiger partial charge in [0.25, 0.3) is 0 Å². The second-order valence-electron chi connectivity index (χ2n) is 9.88. The first-order chi connectivity index (χ1) is 21.2. The standard InChI is InChI=1S/C28H24O17/c29-11-5-10(6-16-18(11)22(37)24(39)26(44-16)8-1-12(30)19(34)13(31)2-8)43-28-25(40)23(38)21(36)17(45-28)7-42-27(41)9-3-14(32)20(35)15(33)4-9/h1-6,17,21,23,25,28-36,38-40H,7H2/t17-,21-,23?,25-,28?/m1/s1. The van der Waals surface area contributed by atoms with Gasteiger partial charge in [-0.05, 0) is 24.3 Å². The number of carbonyl (C=O) groups is 1. The van der Waals surface area contributed by atoms with Gasteiger partial charge in [-0.1, -0.05) is 0 Å². The lowest BCUT2D eigenvalue weighted by atomic mass is 9.99. The molecule has 5 atom stereocenters. The highest BCUT2D eigenvalue weighted by molar-refractivity contribution is 5.91. The van der Waals surface area contributed by atoms with Gasteiger partial charge in [-0.2, -0.15) is 0 Å². The Balaban J connectivity index is 1.41. The van der Waals surface area contributed by atoms with Crippen molar-refractivity contribution in [1.82, 2.24) is 0 Å². The maximum absolute atomic E-state index is 12.8. The SMILES string of the molecule is O=C(OC[C@H]1OC(Oc2cc(O)c3c(=O)c(O)c(-c4cc(O)c(O)c(O)c4)oc3c2)[C@H](O)C(O)[C@@H]1O)c1cc(O)c(O)c(O)c1. The van der Waals surface area contributed by atoms with Crippen molar-refractivity contribution in [1.29, 1.82) is 0 Å². The smallest absolute Gasteiger partial charge is 0.338 e. The Morgan fingerprint density at radius 3 is 1.89 bits per heavy atom. The Bertz CT molecular complexity index is 1820. The number of aliphatic hydroxyl groups excluding tert-OH is 3. The molecule has 0 radical (unpaired) electrons. The van der Waals surface area contributed by atoms with E-state index >= 15 is 0 Å². The summed E-state index contributed by atoms with van der Waals surface area (Å²) in [6.07, 6.45) is -8.97. The summed E-state index contributed by atoms with van der Waals surface area (Å²) in [5.74, 6) is -8.86. The van der Waals surface area contributed by atoms with E-state index in [2.05, 4.69) is 0 Å². The van der Waals surface area contributed by atoms with E-state index < -0.39 is 117 Å². The summed E-state index contributed by atoms with van der Waals surface area (Å²) in [7, 11) is 0. The number of carbonyl (C=O) groups excluding carboxylic acids is 1. The molecule has 2 heterocycles. The van der Waals surface area contributed by atoms with Crippen molar-refractivity contribution in [3.8, 4) is 63.1 Å². The molecule has 4 aromatic rings. The minimum atomic E-state index is -1.92. The van der Waals surface area contributed by atoms with E-state index in [-0.39, 0.29) is 11.3 Å². The van der Waals surface area contributed by atoms with Gasteiger partial charge in [0.15, 0.2) is 40.3 Å². The third kappa shape index (κ3) is 5.58. The number of benzene rings is 3. The molecule has 0 amide bonds. The Kier molecular flexibility index (Phi) is 7.86. The number of phenolic OH excluding ortho intramolecular Hbond substituents is 7. The van der Waals surface area contributed by atoms with Gasteiger partial charge in [0.2, 0.25) is 17.5 Å². The summed E-state index contributed by atoms with van der Waals surface area (Å²) in [4.78, 5) is 25.2. The van der Waals surface area contributed by atoms with E-state index in [1.807, 2.05) is 0 Å². The highest BCUT2D eigenvalue weighted by atomic mass is 16.7. The van der Waals surface area contributed by atoms with Crippen LogP contribution >= 0.6 is 0 Å². The van der Waals surface area contributed by atoms with Crippen molar-refractivity contribution >= 4 is 16.9 Å². The molecule has 0 bridgehead atoms. The predicted molar refractivity (Wildman–Crippen MR) is 145 cm³/mol. The molecule has 45 heavy (non-hydrogen) atoms. The van der Waals surface area contributed by atoms with Crippen LogP contribution in [0.1, 0.15) is 10.4 Å². The number of esters is 1. The van der Waals surface area contributed by atoms with Crippen molar-refractivity contribution < 1.29 is 79.6 Å². The quantitative estimate of drug-likeness (QED) is 0.0995. The molecular formula is C28H24O17. The lowest BCUT2D eigenvalue weighted by molar-refractivity contribution is -0.277. The fraction of sp³-hybridized carbons (Fsp3) is 0.214. The molecule has 0 spiro atoms. The second kappa shape index (κ2) is 11.5. The number of hydrogen-bond acceptors (Lipinski definition) is 17. The number of rotatable bonds is 6. The molecule has 1 fully saturated rings. The van der Waals surface area contributed by atoms with Crippen molar-refractivity contribution in [3.63, 3.8) is 0 Å². The van der Waals surface area contributed by atoms with Crippen LogP contribution in [0.4, 0.5) is 0 Å². The van der Waals surface area contributed by atoms with Crippen molar-refractivity contribution in [2.45, 2.75) is 30.7 Å². The molecule has 1 aliphatic rings. The lowest BCUT2D eigenvalue weighted by Crippen LogP contribution is -2.60. The Hall–Kier alpha value is -5.62. The van der Waals surface area contributed by atoms with Crippen LogP contribution in [0.2, 0.25) is 0 Å². The topological polar surface area (TPSA) is 298 Å². The van der Waals surface area contributed by atoms with Crippen LogP contribution in [-0.2, 0) is 9.47 Å². The van der Waals surface area contributed by atoms with Gasteiger partial charge < -0.3 is 74.8 Å². The van der Waals surface area contributed by atoms with Gasteiger partial charge >= 0.3 is 5.97 Å². The fourth-order valence-corrected chi connectivity index (χ4v) is 4.51. The van der Waals surface area contributed by atoms with Crippen LogP contribution in [-0.4, -0.2) is 99.5 Å². The third-order valence-corrected chi connectivity index (χ3v) is 6.86. The second-order valence-corrected chi connectivity index (χ2v) is 9.88. The summed E-state index contributed by atoms with van der Waals surface area (Å²) in [5.41, 5.74) is -2.18. The van der Waals surface area contributed by atoms with E-state index in [1.165, 1.54) is 0 Å². The molecule has 1 saturated heterocycles. The zero-order valence-electron chi connectivity index (χ0n) is 22.4. The lowest BCUT2D eigenvalue weighted by Gasteiger charge is -2.39. The average molecular weight is 632 g/mol. The van der Waals surface area contributed by atoms with Crippen molar-refractivity contribution in [2.75, 3.05) is 6.61 Å². The zero-order valence-corrected chi connectivity index (χ0v) is 22.4. The largest absolute Gasteiger partial charge is 0.507 e. The summed E-state index contributed by atoms with van der Waals surface area (Å²) in [6.45, 7) is -0.751. The number of aliphatic hydroxyl groups is 3. The van der Waals surface area contributed by atoms with Gasteiger partial charge in [-0.25, -0.2) is 4.79 Å². The number of fused-ring (bicyclic) bond motifs is 1. The van der Waals surface area contributed by atoms with Crippen LogP contribution < -0.4 is 10.2 Å². The minimum Gasteiger partial charge on any atom is -0.507 e. The molecule has 17 heteroatoms. The van der Waals surface area contributed by atoms with Gasteiger partial charge in [-0.15, -0.1) is 0 Å². The molecule has 1 aromatic heterocycles. The van der Waals surface area contributed by atoms with Gasteiger partial charge in [-0.3, -0.25) is 4.79 Å². The fourth-order valence-electron chi connectivity index (χ4n) is 4.51. The maximum Gasteiger partial charge on any atom is 0.338 e. The molecule has 0 aliphatic carbocycles. The van der Waals surface area contributed by atoms with Gasteiger partial charge in [0, 0.05) is 17.7 Å². The van der Waals surface area contributed by atoms with E-state index in [0.717, 1.165) is 36.4 Å². The molecule has 238 valence electrons. The van der Waals surface area contributed by atoms with E-state index in [9.17, 15) is 65.8 Å². The molecule has 11 N–H and O–H groups in total. The van der Waals surface area contributed by atoms with Crippen LogP contribution in [0.3, 0.4) is 0 Å². The highest BCUT2D eigenvalue weighted by Gasteiger charge is 2.45. The van der Waals surface area contributed by atoms with E-state index in [4.69, 9.17) is 18.6 Å². The van der Waals surface area contributed by atoms with Gasteiger partial charge in [0.05, 0.1) is 5.56 Å². The Morgan fingerprint density at radius 2 is 1.29 bits per heavy atom. The molecule has 3 aromatic carbocycles. The third-order valence-electron chi connectivity index (χ3n) is 6.86. The molecular weight excluding hydrogens is 608 g/mol. The minimum absolute atomic E-state index is 0.247. The van der Waals surface area contributed by atoms with E-state index in [1.54, 1.807) is 0 Å². The Morgan fingerprint density at radius 1 is 0.711 bits per heavy atom. The summed E-state index contributed by atoms with van der Waals surface area (Å²) >= 11 is 0. The molecule has 0 saturated carbocycles. The number of phenols is 7. The van der Waals surface area contributed by atoms with Gasteiger partial charge in [0.1, 0.15) is 53.5 Å². The summed E-state index contributed by atoms with van der Waals surface area (Å²) in [5, 5.41) is 110. The number of aromatic hydroxyl groups is 8. The monoisotopic (exact) mass is 632 g/mol.